The number of ether oxygens (including phenoxy) is 5. The summed E-state index contributed by atoms with van der Waals surface area (Å²) in [6, 6.07) is 7.56. The van der Waals surface area contributed by atoms with Gasteiger partial charge in [-0.3, -0.25) is 0 Å². The highest BCUT2D eigenvalue weighted by Crippen LogP contribution is 2.32. The minimum Gasteiger partial charge on any atom is -0.473 e. The van der Waals surface area contributed by atoms with Gasteiger partial charge in [-0.15, -0.1) is 0 Å². The molecule has 138 valence electrons. The highest BCUT2D eigenvalue weighted by Gasteiger charge is 2.17. The number of hydrogen-bond donors (Lipinski definition) is 0. The van der Waals surface area contributed by atoms with Crippen molar-refractivity contribution in [2.45, 2.75) is 13.2 Å². The number of anilines is 1. The Kier molecular flexibility index (Phi) is 5.03. The maximum atomic E-state index is 5.91. The van der Waals surface area contributed by atoms with Gasteiger partial charge in [0.15, 0.2) is 11.5 Å². The van der Waals surface area contributed by atoms with Gasteiger partial charge in [-0.1, -0.05) is 6.07 Å². The molecule has 1 aromatic heterocycles. The number of nitrogens with zero attached hydrogens (tertiary/aromatic N) is 3. The Balaban J connectivity index is 1.50. The molecule has 0 N–H and O–H groups in total. The summed E-state index contributed by atoms with van der Waals surface area (Å²) in [6.45, 7) is 3.91. The molecule has 8 nitrogen and oxygen atoms in total. The largest absolute Gasteiger partial charge is 0.473 e. The van der Waals surface area contributed by atoms with E-state index < -0.39 is 0 Å². The quantitative estimate of drug-likeness (QED) is 0.772. The van der Waals surface area contributed by atoms with Crippen LogP contribution in [0.2, 0.25) is 0 Å². The van der Waals surface area contributed by atoms with Gasteiger partial charge in [0, 0.05) is 26.3 Å². The summed E-state index contributed by atoms with van der Waals surface area (Å²) < 4.78 is 27.3. The standard InChI is InChI=1S/C18H21N3O5/c1-22-11-14-9-17(20-18(19-14)21-4-6-23-7-5-21)24-10-13-2-3-15-16(8-13)26-12-25-15/h2-3,8-9H,4-7,10-12H2,1H3. The SMILES string of the molecule is COCc1cc(OCc2ccc3c(c2)OCO3)nc(N2CCOCC2)n1. The van der Waals surface area contributed by atoms with Gasteiger partial charge in [-0.25, -0.2) is 4.98 Å². The molecule has 4 rings (SSSR count). The first-order chi connectivity index (χ1) is 12.8. The Labute approximate surface area is 151 Å². The van der Waals surface area contributed by atoms with Crippen LogP contribution in [-0.2, 0) is 22.7 Å². The van der Waals surface area contributed by atoms with Crippen molar-refractivity contribution >= 4 is 5.95 Å². The molecule has 0 radical (unpaired) electrons. The zero-order valence-electron chi connectivity index (χ0n) is 14.6. The molecule has 1 fully saturated rings. The number of hydrogen-bond acceptors (Lipinski definition) is 8. The second-order valence-corrected chi connectivity index (χ2v) is 6.01. The number of methoxy groups -OCH3 is 1. The average molecular weight is 359 g/mol. The first-order valence-corrected chi connectivity index (χ1v) is 8.53. The second kappa shape index (κ2) is 7.76. The van der Waals surface area contributed by atoms with Crippen molar-refractivity contribution in [3.63, 3.8) is 0 Å². The Bertz CT molecular complexity index is 764. The molecular formula is C18H21N3O5. The first-order valence-electron chi connectivity index (χ1n) is 8.53. The van der Waals surface area contributed by atoms with Crippen LogP contribution in [0.3, 0.4) is 0 Å². The zero-order valence-corrected chi connectivity index (χ0v) is 14.6. The zero-order chi connectivity index (χ0) is 17.8. The predicted octanol–water partition coefficient (Wildman–Crippen LogP) is 1.77. The molecule has 1 aromatic carbocycles. The monoisotopic (exact) mass is 359 g/mol. The molecule has 0 atom stereocenters. The van der Waals surface area contributed by atoms with Crippen molar-refractivity contribution < 1.29 is 23.7 Å². The van der Waals surface area contributed by atoms with Gasteiger partial charge in [0.25, 0.3) is 0 Å². The van der Waals surface area contributed by atoms with Crippen LogP contribution in [0.5, 0.6) is 17.4 Å². The maximum Gasteiger partial charge on any atom is 0.231 e. The van der Waals surface area contributed by atoms with E-state index in [1.54, 1.807) is 13.2 Å². The molecule has 26 heavy (non-hydrogen) atoms. The molecule has 0 saturated carbocycles. The predicted molar refractivity (Wildman–Crippen MR) is 92.7 cm³/mol. The van der Waals surface area contributed by atoms with Gasteiger partial charge in [0.05, 0.1) is 25.5 Å². The first kappa shape index (κ1) is 16.9. The van der Waals surface area contributed by atoms with Crippen LogP contribution >= 0.6 is 0 Å². The molecule has 2 aliphatic rings. The molecular weight excluding hydrogens is 338 g/mol. The summed E-state index contributed by atoms with van der Waals surface area (Å²) in [7, 11) is 1.64. The smallest absolute Gasteiger partial charge is 0.231 e. The lowest BCUT2D eigenvalue weighted by Gasteiger charge is -2.27. The summed E-state index contributed by atoms with van der Waals surface area (Å²) in [5.41, 5.74) is 1.76. The van der Waals surface area contributed by atoms with Crippen LogP contribution in [0.25, 0.3) is 0 Å². The molecule has 2 aromatic rings. The molecule has 2 aliphatic heterocycles. The minimum atomic E-state index is 0.259. The van der Waals surface area contributed by atoms with Crippen LogP contribution in [0.4, 0.5) is 5.95 Å². The van der Waals surface area contributed by atoms with E-state index in [2.05, 4.69) is 14.9 Å². The van der Waals surface area contributed by atoms with Crippen molar-refractivity contribution in [3.8, 4) is 17.4 Å². The third kappa shape index (κ3) is 3.81. The number of aromatic nitrogens is 2. The lowest BCUT2D eigenvalue weighted by atomic mass is 10.2. The van der Waals surface area contributed by atoms with Gasteiger partial charge >= 0.3 is 0 Å². The van der Waals surface area contributed by atoms with Gasteiger partial charge < -0.3 is 28.6 Å². The number of rotatable bonds is 6. The Morgan fingerprint density at radius 3 is 2.73 bits per heavy atom. The molecule has 0 unspecified atom stereocenters. The maximum absolute atomic E-state index is 5.91. The summed E-state index contributed by atoms with van der Waals surface area (Å²) in [5, 5.41) is 0. The van der Waals surface area contributed by atoms with Gasteiger partial charge in [-0.05, 0) is 17.7 Å². The van der Waals surface area contributed by atoms with E-state index in [0.717, 1.165) is 35.8 Å². The summed E-state index contributed by atoms with van der Waals surface area (Å²) >= 11 is 0. The van der Waals surface area contributed by atoms with Crippen molar-refractivity contribution in [1.29, 1.82) is 0 Å². The van der Waals surface area contributed by atoms with Crippen LogP contribution in [0, 0.1) is 0 Å². The molecule has 1 saturated heterocycles. The van der Waals surface area contributed by atoms with Crippen LogP contribution in [0.15, 0.2) is 24.3 Å². The second-order valence-electron chi connectivity index (χ2n) is 6.01. The highest BCUT2D eigenvalue weighted by molar-refractivity contribution is 5.44. The third-order valence-electron chi connectivity index (χ3n) is 4.15. The summed E-state index contributed by atoms with van der Waals surface area (Å²) in [5.74, 6) is 2.66. The molecule has 0 aliphatic carbocycles. The summed E-state index contributed by atoms with van der Waals surface area (Å²) in [4.78, 5) is 11.2. The number of benzene rings is 1. The van der Waals surface area contributed by atoms with E-state index in [0.29, 0.717) is 38.3 Å². The summed E-state index contributed by atoms with van der Waals surface area (Å²) in [6.07, 6.45) is 0. The fraction of sp³-hybridized carbons (Fsp3) is 0.444. The van der Waals surface area contributed by atoms with E-state index in [1.807, 2.05) is 18.2 Å². The van der Waals surface area contributed by atoms with E-state index in [4.69, 9.17) is 23.7 Å². The Hall–Kier alpha value is -2.58. The van der Waals surface area contributed by atoms with E-state index >= 15 is 0 Å². The van der Waals surface area contributed by atoms with E-state index in [9.17, 15) is 0 Å². The molecule has 0 bridgehead atoms. The lowest BCUT2D eigenvalue weighted by Crippen LogP contribution is -2.37. The van der Waals surface area contributed by atoms with E-state index in [1.165, 1.54) is 0 Å². The average Bonchev–Trinajstić information content (AvgIpc) is 3.15. The van der Waals surface area contributed by atoms with E-state index in [-0.39, 0.29) is 6.79 Å². The minimum absolute atomic E-state index is 0.259. The van der Waals surface area contributed by atoms with Crippen molar-refractivity contribution in [1.82, 2.24) is 9.97 Å². The molecule has 0 amide bonds. The lowest BCUT2D eigenvalue weighted by molar-refractivity contribution is 0.121. The van der Waals surface area contributed by atoms with Crippen molar-refractivity contribution in [2.24, 2.45) is 0 Å². The fourth-order valence-corrected chi connectivity index (χ4v) is 2.85. The third-order valence-corrected chi connectivity index (χ3v) is 4.15. The van der Waals surface area contributed by atoms with Crippen LogP contribution in [0.1, 0.15) is 11.3 Å². The molecule has 3 heterocycles. The molecule has 8 heteroatoms. The Morgan fingerprint density at radius 1 is 1.04 bits per heavy atom. The van der Waals surface area contributed by atoms with Crippen LogP contribution in [-0.4, -0.2) is 50.2 Å². The van der Waals surface area contributed by atoms with Crippen molar-refractivity contribution in [2.75, 3.05) is 45.1 Å². The normalized spacial score (nSPS) is 16.0. The number of fused-ring (bicyclic) bond motifs is 1. The van der Waals surface area contributed by atoms with Crippen molar-refractivity contribution in [3.05, 3.63) is 35.5 Å². The fourth-order valence-electron chi connectivity index (χ4n) is 2.85. The van der Waals surface area contributed by atoms with Gasteiger partial charge in [-0.2, -0.15) is 4.98 Å². The molecule has 0 spiro atoms. The van der Waals surface area contributed by atoms with Gasteiger partial charge in [0.2, 0.25) is 18.6 Å². The topological polar surface area (TPSA) is 75.2 Å². The highest BCUT2D eigenvalue weighted by atomic mass is 16.7. The van der Waals surface area contributed by atoms with Crippen LogP contribution < -0.4 is 19.1 Å². The Morgan fingerprint density at radius 2 is 1.88 bits per heavy atom. The van der Waals surface area contributed by atoms with Gasteiger partial charge in [0.1, 0.15) is 6.61 Å². The number of morpholine rings is 1.